The second-order valence-electron chi connectivity index (χ2n) is 10.5. The number of rotatable bonds is 7. The minimum absolute atomic E-state index is 0.113. The van der Waals surface area contributed by atoms with Gasteiger partial charge in [-0.3, -0.25) is 0 Å². The van der Waals surface area contributed by atoms with E-state index < -0.39 is 0 Å². The van der Waals surface area contributed by atoms with Gasteiger partial charge in [0, 0.05) is 5.92 Å². The molecule has 160 valence electrons. The first-order valence-corrected chi connectivity index (χ1v) is 11.1. The highest BCUT2D eigenvalue weighted by Crippen LogP contribution is 2.39. The lowest BCUT2D eigenvalue weighted by Crippen LogP contribution is -2.14. The van der Waals surface area contributed by atoms with Crippen molar-refractivity contribution < 1.29 is 10.2 Å². The first-order valence-electron chi connectivity index (χ1n) is 11.1. The standard InChI is InChI=1S/C27H40O2/c1-8-9-10-11-12-21(19-13-15-24(28)22(17-19)26(2,3)4)20-14-16-25(29)23(18-20)27(5,6)7/h13-18,21,28-29H,8-12H2,1-7H3. The third-order valence-electron chi connectivity index (χ3n) is 5.81. The SMILES string of the molecule is CCCCCCC(c1ccc(O)c(C(C)(C)C)c1)c1ccc(O)c(C(C)(C)C)c1. The molecule has 0 fully saturated rings. The molecule has 2 N–H and O–H groups in total. The predicted octanol–water partition coefficient (Wildman–Crippen LogP) is 7.80. The van der Waals surface area contributed by atoms with E-state index in [4.69, 9.17) is 0 Å². The van der Waals surface area contributed by atoms with Gasteiger partial charge < -0.3 is 10.2 Å². The average Bonchev–Trinajstić information content (AvgIpc) is 2.61. The Kier molecular flexibility index (Phi) is 7.43. The van der Waals surface area contributed by atoms with Crippen LogP contribution in [0.3, 0.4) is 0 Å². The van der Waals surface area contributed by atoms with Crippen LogP contribution in [0.4, 0.5) is 0 Å². The minimum Gasteiger partial charge on any atom is -0.508 e. The lowest BCUT2D eigenvalue weighted by molar-refractivity contribution is 0.445. The Morgan fingerprint density at radius 1 is 0.690 bits per heavy atom. The number of hydrogen-bond donors (Lipinski definition) is 2. The van der Waals surface area contributed by atoms with Crippen molar-refractivity contribution in [1.29, 1.82) is 0 Å². The van der Waals surface area contributed by atoms with Crippen LogP contribution >= 0.6 is 0 Å². The second kappa shape index (κ2) is 9.24. The van der Waals surface area contributed by atoms with Gasteiger partial charge in [0.25, 0.3) is 0 Å². The van der Waals surface area contributed by atoms with E-state index >= 15 is 0 Å². The Morgan fingerprint density at radius 3 is 1.52 bits per heavy atom. The molecule has 0 saturated carbocycles. The Labute approximate surface area is 178 Å². The highest BCUT2D eigenvalue weighted by atomic mass is 16.3. The number of phenolic OH excluding ortho intramolecular Hbond substituents is 2. The molecule has 2 nitrogen and oxygen atoms in total. The predicted molar refractivity (Wildman–Crippen MR) is 124 cm³/mol. The highest BCUT2D eigenvalue weighted by molar-refractivity contribution is 5.47. The van der Waals surface area contributed by atoms with Crippen molar-refractivity contribution in [3.63, 3.8) is 0 Å². The fraction of sp³-hybridized carbons (Fsp3) is 0.556. The van der Waals surface area contributed by atoms with Gasteiger partial charge in [0.1, 0.15) is 11.5 Å². The third-order valence-corrected chi connectivity index (χ3v) is 5.81. The van der Waals surface area contributed by atoms with Gasteiger partial charge in [-0.15, -0.1) is 0 Å². The van der Waals surface area contributed by atoms with E-state index in [1.807, 2.05) is 12.1 Å². The topological polar surface area (TPSA) is 40.5 Å². The van der Waals surface area contributed by atoms with Crippen molar-refractivity contribution in [1.82, 2.24) is 0 Å². The van der Waals surface area contributed by atoms with E-state index in [2.05, 4.69) is 72.7 Å². The summed E-state index contributed by atoms with van der Waals surface area (Å²) < 4.78 is 0. The Morgan fingerprint density at radius 2 is 1.14 bits per heavy atom. The number of hydrogen-bond acceptors (Lipinski definition) is 2. The quantitative estimate of drug-likeness (QED) is 0.469. The van der Waals surface area contributed by atoms with Gasteiger partial charge in [0.05, 0.1) is 0 Å². The fourth-order valence-corrected chi connectivity index (χ4v) is 4.04. The molecule has 0 aliphatic carbocycles. The van der Waals surface area contributed by atoms with Crippen molar-refractivity contribution in [2.75, 3.05) is 0 Å². The summed E-state index contributed by atoms with van der Waals surface area (Å²) in [5.41, 5.74) is 4.24. The Balaban J connectivity index is 2.51. The third kappa shape index (κ3) is 6.01. The van der Waals surface area contributed by atoms with Crippen LogP contribution < -0.4 is 0 Å². The maximum absolute atomic E-state index is 10.4. The molecule has 0 spiro atoms. The summed E-state index contributed by atoms with van der Waals surface area (Å²) in [5, 5.41) is 20.8. The highest BCUT2D eigenvalue weighted by Gasteiger charge is 2.24. The summed E-state index contributed by atoms with van der Waals surface area (Å²) in [4.78, 5) is 0. The summed E-state index contributed by atoms with van der Waals surface area (Å²) >= 11 is 0. The number of benzene rings is 2. The summed E-state index contributed by atoms with van der Waals surface area (Å²) in [6.45, 7) is 15.1. The zero-order chi connectivity index (χ0) is 21.8. The van der Waals surface area contributed by atoms with Gasteiger partial charge >= 0.3 is 0 Å². The summed E-state index contributed by atoms with van der Waals surface area (Å²) in [6.07, 6.45) is 5.98. The smallest absolute Gasteiger partial charge is 0.119 e. The summed E-state index contributed by atoms with van der Waals surface area (Å²) in [7, 11) is 0. The van der Waals surface area contributed by atoms with Crippen LogP contribution in [0.1, 0.15) is 109 Å². The van der Waals surface area contributed by atoms with Gasteiger partial charge in [-0.1, -0.05) is 98.4 Å². The van der Waals surface area contributed by atoms with Gasteiger partial charge in [-0.2, -0.15) is 0 Å². The summed E-state index contributed by atoms with van der Waals surface area (Å²) in [6, 6.07) is 12.2. The molecule has 2 aromatic rings. The van der Waals surface area contributed by atoms with Crippen molar-refractivity contribution in [2.45, 2.75) is 97.3 Å². The lowest BCUT2D eigenvalue weighted by atomic mass is 9.79. The van der Waals surface area contributed by atoms with Gasteiger partial charge in [0.2, 0.25) is 0 Å². The van der Waals surface area contributed by atoms with E-state index in [-0.39, 0.29) is 16.7 Å². The van der Waals surface area contributed by atoms with Crippen LogP contribution in [0.25, 0.3) is 0 Å². The van der Waals surface area contributed by atoms with E-state index in [1.54, 1.807) is 0 Å². The van der Waals surface area contributed by atoms with Gasteiger partial charge in [-0.25, -0.2) is 0 Å². The van der Waals surface area contributed by atoms with Crippen LogP contribution in [0, 0.1) is 0 Å². The van der Waals surface area contributed by atoms with Crippen LogP contribution in [0.5, 0.6) is 11.5 Å². The maximum Gasteiger partial charge on any atom is 0.119 e. The Hall–Kier alpha value is -1.96. The van der Waals surface area contributed by atoms with Crippen molar-refractivity contribution in [2.24, 2.45) is 0 Å². The zero-order valence-electron chi connectivity index (χ0n) is 19.5. The van der Waals surface area contributed by atoms with Crippen molar-refractivity contribution >= 4 is 0 Å². The summed E-state index contributed by atoms with van der Waals surface area (Å²) in [5.74, 6) is 0.995. The van der Waals surface area contributed by atoms with Crippen molar-refractivity contribution in [3.8, 4) is 11.5 Å². The molecule has 0 aliphatic rings. The molecule has 2 aromatic carbocycles. The first kappa shape index (κ1) is 23.3. The molecule has 0 heterocycles. The molecule has 0 bridgehead atoms. The molecular formula is C27H40O2. The molecule has 0 aromatic heterocycles. The van der Waals surface area contributed by atoms with E-state index in [9.17, 15) is 10.2 Å². The van der Waals surface area contributed by atoms with Crippen LogP contribution in [0.2, 0.25) is 0 Å². The van der Waals surface area contributed by atoms with Gasteiger partial charge in [0.15, 0.2) is 0 Å². The van der Waals surface area contributed by atoms with Gasteiger partial charge in [-0.05, 0) is 51.6 Å². The maximum atomic E-state index is 10.4. The molecular weight excluding hydrogens is 356 g/mol. The molecule has 0 unspecified atom stereocenters. The average molecular weight is 397 g/mol. The molecule has 2 heteroatoms. The monoisotopic (exact) mass is 396 g/mol. The molecule has 0 saturated heterocycles. The molecule has 2 rings (SSSR count). The van der Waals surface area contributed by atoms with E-state index in [1.165, 1.54) is 36.8 Å². The van der Waals surface area contributed by atoms with Crippen molar-refractivity contribution in [3.05, 3.63) is 58.7 Å². The zero-order valence-corrected chi connectivity index (χ0v) is 19.5. The number of phenols is 2. The fourth-order valence-electron chi connectivity index (χ4n) is 4.04. The first-order chi connectivity index (χ1) is 13.4. The minimum atomic E-state index is -0.113. The second-order valence-corrected chi connectivity index (χ2v) is 10.5. The van der Waals surface area contributed by atoms with Crippen LogP contribution in [0.15, 0.2) is 36.4 Å². The lowest BCUT2D eigenvalue weighted by Gasteiger charge is -2.26. The van der Waals surface area contributed by atoms with Crippen LogP contribution in [-0.2, 0) is 10.8 Å². The molecule has 29 heavy (non-hydrogen) atoms. The largest absolute Gasteiger partial charge is 0.508 e. The molecule has 0 radical (unpaired) electrons. The molecule has 0 aliphatic heterocycles. The molecule has 0 atom stereocenters. The molecule has 0 amide bonds. The van der Waals surface area contributed by atoms with Crippen LogP contribution in [-0.4, -0.2) is 10.2 Å². The Bertz CT molecular complexity index is 743. The van der Waals surface area contributed by atoms with E-state index in [0.29, 0.717) is 11.5 Å². The number of aromatic hydroxyl groups is 2. The number of unbranched alkanes of at least 4 members (excludes halogenated alkanes) is 3. The van der Waals surface area contributed by atoms with E-state index in [0.717, 1.165) is 17.5 Å². The normalized spacial score (nSPS) is 12.6.